The van der Waals surface area contributed by atoms with E-state index in [1.54, 1.807) is 19.1 Å². The first-order valence-electron chi connectivity index (χ1n) is 4.11. The molecule has 0 saturated heterocycles. The Bertz CT molecular complexity index is 418. The number of benzene rings is 1. The quantitative estimate of drug-likeness (QED) is 0.296. The molecule has 0 saturated carbocycles. The average Bonchev–Trinajstić information content (AvgIpc) is 2.18. The highest BCUT2D eigenvalue weighted by atomic mass is 79.9. The van der Waals surface area contributed by atoms with Crippen molar-refractivity contribution < 1.29 is 9.13 Å². The van der Waals surface area contributed by atoms with Crippen LogP contribution < -0.4 is 5.84 Å². The number of allylic oxidation sites excluding steroid dienone is 1. The van der Waals surface area contributed by atoms with Crippen LogP contribution in [-0.2, 0) is 4.74 Å². The van der Waals surface area contributed by atoms with Crippen molar-refractivity contribution in [2.24, 2.45) is 10.9 Å². The van der Waals surface area contributed by atoms with Crippen molar-refractivity contribution in [2.75, 3.05) is 0 Å². The molecule has 15 heavy (non-hydrogen) atoms. The monoisotopic (exact) mass is 272 g/mol. The second kappa shape index (κ2) is 4.93. The summed E-state index contributed by atoms with van der Waals surface area (Å²) in [6.45, 7) is 5.20. The third kappa shape index (κ3) is 3.06. The molecule has 3 nitrogen and oxygen atoms in total. The van der Waals surface area contributed by atoms with E-state index in [2.05, 4.69) is 27.6 Å². The minimum atomic E-state index is -0.404. The Morgan fingerprint density at radius 2 is 2.27 bits per heavy atom. The van der Waals surface area contributed by atoms with Crippen molar-refractivity contribution in [3.8, 4) is 0 Å². The van der Waals surface area contributed by atoms with Crippen LogP contribution in [0.2, 0.25) is 0 Å². The topological polar surface area (TPSA) is 47.6 Å². The van der Waals surface area contributed by atoms with Crippen LogP contribution in [0.25, 0.3) is 0 Å². The molecule has 1 aromatic rings. The van der Waals surface area contributed by atoms with E-state index in [1.807, 2.05) is 0 Å². The third-order valence-corrected chi connectivity index (χ3v) is 2.20. The summed E-state index contributed by atoms with van der Waals surface area (Å²) in [5, 5.41) is 3.42. The fourth-order valence-corrected chi connectivity index (χ4v) is 1.20. The van der Waals surface area contributed by atoms with Gasteiger partial charge in [-0.1, -0.05) is 6.58 Å². The van der Waals surface area contributed by atoms with Gasteiger partial charge in [-0.2, -0.15) is 0 Å². The van der Waals surface area contributed by atoms with Gasteiger partial charge in [0.1, 0.15) is 5.82 Å². The van der Waals surface area contributed by atoms with Gasteiger partial charge >= 0.3 is 0 Å². The minimum Gasteiger partial charge on any atom is -0.443 e. The van der Waals surface area contributed by atoms with Crippen molar-refractivity contribution in [3.05, 3.63) is 46.4 Å². The number of nitrogens with two attached hydrogens (primary N) is 1. The lowest BCUT2D eigenvalue weighted by molar-refractivity contribution is 0.419. The number of hydrogen-bond acceptors (Lipinski definition) is 3. The van der Waals surface area contributed by atoms with Crippen LogP contribution in [0.15, 0.2) is 40.1 Å². The number of nitrogens with zero attached hydrogens (tertiary/aromatic N) is 1. The van der Waals surface area contributed by atoms with E-state index in [9.17, 15) is 4.39 Å². The summed E-state index contributed by atoms with van der Waals surface area (Å²) < 4.78 is 18.7. The van der Waals surface area contributed by atoms with E-state index in [0.717, 1.165) is 0 Å². The molecular formula is C10H10BrFN2O. The summed E-state index contributed by atoms with van der Waals surface area (Å²) in [6.07, 6.45) is 0. The van der Waals surface area contributed by atoms with Crippen LogP contribution in [-0.4, -0.2) is 5.90 Å². The normalized spacial score (nSPS) is 11.3. The first-order valence-corrected chi connectivity index (χ1v) is 4.90. The molecule has 0 fully saturated rings. The van der Waals surface area contributed by atoms with E-state index >= 15 is 0 Å². The SMILES string of the molecule is C=C(C)O/C(=N\N)c1ccc(Br)c(F)c1. The second-order valence-electron chi connectivity index (χ2n) is 2.87. The molecule has 0 aliphatic carbocycles. The zero-order valence-electron chi connectivity index (χ0n) is 8.13. The summed E-state index contributed by atoms with van der Waals surface area (Å²) >= 11 is 3.05. The zero-order chi connectivity index (χ0) is 11.4. The van der Waals surface area contributed by atoms with Crippen molar-refractivity contribution in [1.29, 1.82) is 0 Å². The van der Waals surface area contributed by atoms with Gasteiger partial charge in [-0.25, -0.2) is 4.39 Å². The Morgan fingerprint density at radius 3 is 2.73 bits per heavy atom. The van der Waals surface area contributed by atoms with Gasteiger partial charge in [-0.3, -0.25) is 0 Å². The van der Waals surface area contributed by atoms with Crippen LogP contribution in [0.5, 0.6) is 0 Å². The Kier molecular flexibility index (Phi) is 3.85. The molecule has 1 rings (SSSR count). The van der Waals surface area contributed by atoms with Crippen LogP contribution in [0.3, 0.4) is 0 Å². The van der Waals surface area contributed by atoms with Crippen LogP contribution >= 0.6 is 15.9 Å². The summed E-state index contributed by atoms with van der Waals surface area (Å²) in [6, 6.07) is 4.47. The summed E-state index contributed by atoms with van der Waals surface area (Å²) in [5.74, 6) is 5.29. The van der Waals surface area contributed by atoms with Crippen molar-refractivity contribution in [1.82, 2.24) is 0 Å². The molecule has 0 amide bonds. The first-order chi connectivity index (χ1) is 7.04. The summed E-state index contributed by atoms with van der Waals surface area (Å²) in [5.41, 5.74) is 0.459. The van der Waals surface area contributed by atoms with E-state index in [0.29, 0.717) is 15.8 Å². The van der Waals surface area contributed by atoms with E-state index in [-0.39, 0.29) is 5.90 Å². The zero-order valence-corrected chi connectivity index (χ0v) is 9.71. The van der Waals surface area contributed by atoms with Gasteiger partial charge in [0.05, 0.1) is 10.2 Å². The molecule has 0 atom stereocenters. The molecule has 0 bridgehead atoms. The van der Waals surface area contributed by atoms with E-state index in [1.165, 1.54) is 6.07 Å². The van der Waals surface area contributed by atoms with Gasteiger partial charge < -0.3 is 10.6 Å². The van der Waals surface area contributed by atoms with Gasteiger partial charge in [-0.15, -0.1) is 5.10 Å². The Morgan fingerprint density at radius 1 is 1.60 bits per heavy atom. The highest BCUT2D eigenvalue weighted by Gasteiger charge is 2.08. The smallest absolute Gasteiger partial charge is 0.242 e. The lowest BCUT2D eigenvalue weighted by atomic mass is 10.2. The third-order valence-electron chi connectivity index (χ3n) is 1.55. The molecule has 0 radical (unpaired) electrons. The minimum absolute atomic E-state index is 0.133. The van der Waals surface area contributed by atoms with Gasteiger partial charge in [0, 0.05) is 5.56 Å². The maximum atomic E-state index is 13.2. The second-order valence-corrected chi connectivity index (χ2v) is 3.72. The molecule has 2 N–H and O–H groups in total. The van der Waals surface area contributed by atoms with Crippen molar-refractivity contribution >= 4 is 21.8 Å². The molecule has 0 heterocycles. The Hall–Kier alpha value is -1.36. The molecule has 0 unspecified atom stereocenters. The Labute approximate surface area is 95.6 Å². The van der Waals surface area contributed by atoms with E-state index in [4.69, 9.17) is 10.6 Å². The molecule has 0 spiro atoms. The molecular weight excluding hydrogens is 263 g/mol. The summed E-state index contributed by atoms with van der Waals surface area (Å²) in [7, 11) is 0. The van der Waals surface area contributed by atoms with Gasteiger partial charge in [0.25, 0.3) is 0 Å². The molecule has 0 aliphatic rings. The first kappa shape index (κ1) is 11.7. The maximum Gasteiger partial charge on any atom is 0.242 e. The molecule has 0 aliphatic heterocycles. The standard InChI is InChI=1S/C10H10BrFN2O/c1-6(2)15-10(14-13)7-3-4-8(11)9(12)5-7/h3-5H,1,13H2,2H3/b14-10-. The fourth-order valence-electron chi connectivity index (χ4n) is 0.954. The molecule has 80 valence electrons. The molecule has 1 aromatic carbocycles. The van der Waals surface area contributed by atoms with Crippen LogP contribution in [0.1, 0.15) is 12.5 Å². The number of hydrazone groups is 1. The lowest BCUT2D eigenvalue weighted by Crippen LogP contribution is -2.08. The van der Waals surface area contributed by atoms with Crippen molar-refractivity contribution in [3.63, 3.8) is 0 Å². The predicted molar refractivity (Wildman–Crippen MR) is 60.7 cm³/mol. The van der Waals surface area contributed by atoms with Crippen molar-refractivity contribution in [2.45, 2.75) is 6.92 Å². The van der Waals surface area contributed by atoms with Gasteiger partial charge in [-0.05, 0) is 41.1 Å². The summed E-state index contributed by atoms with van der Waals surface area (Å²) in [4.78, 5) is 0. The highest BCUT2D eigenvalue weighted by molar-refractivity contribution is 9.10. The molecule has 5 heteroatoms. The maximum absolute atomic E-state index is 13.2. The van der Waals surface area contributed by atoms with Gasteiger partial charge in [0.15, 0.2) is 0 Å². The lowest BCUT2D eigenvalue weighted by Gasteiger charge is -2.07. The number of halogens is 2. The fraction of sp³-hybridized carbons (Fsp3) is 0.100. The molecule has 0 aromatic heterocycles. The number of ether oxygens (including phenoxy) is 1. The van der Waals surface area contributed by atoms with Gasteiger partial charge in [0.2, 0.25) is 5.90 Å². The van der Waals surface area contributed by atoms with Crippen LogP contribution in [0, 0.1) is 5.82 Å². The average molecular weight is 273 g/mol. The van der Waals surface area contributed by atoms with Crippen LogP contribution in [0.4, 0.5) is 4.39 Å². The predicted octanol–water partition coefficient (Wildman–Crippen LogP) is 2.76. The number of hydrogen-bond donors (Lipinski definition) is 1. The van der Waals surface area contributed by atoms with E-state index < -0.39 is 5.82 Å². The Balaban J connectivity index is 3.03. The number of rotatable bonds is 2. The largest absolute Gasteiger partial charge is 0.443 e. The highest BCUT2D eigenvalue weighted by Crippen LogP contribution is 2.17.